The third kappa shape index (κ3) is 4.37. The van der Waals surface area contributed by atoms with Crippen molar-refractivity contribution in [2.24, 2.45) is 0 Å². The van der Waals surface area contributed by atoms with Gasteiger partial charge in [-0.15, -0.1) is 0 Å². The minimum absolute atomic E-state index is 0.243. The topological polar surface area (TPSA) is 79.4 Å². The summed E-state index contributed by atoms with van der Waals surface area (Å²) in [6.07, 6.45) is 1.34. The van der Waals surface area contributed by atoms with E-state index in [1.807, 2.05) is 12.1 Å². The first-order valence-electron chi connectivity index (χ1n) is 8.51. The lowest BCUT2D eigenvalue weighted by Crippen LogP contribution is -2.15. The third-order valence-electron chi connectivity index (χ3n) is 4.27. The van der Waals surface area contributed by atoms with Crippen LogP contribution >= 0.6 is 0 Å². The maximum atomic E-state index is 12.2. The zero-order valence-corrected chi connectivity index (χ0v) is 15.2. The van der Waals surface area contributed by atoms with Crippen LogP contribution in [0.3, 0.4) is 0 Å². The van der Waals surface area contributed by atoms with Gasteiger partial charge < -0.3 is 14.8 Å². The van der Waals surface area contributed by atoms with E-state index >= 15 is 0 Å². The van der Waals surface area contributed by atoms with Gasteiger partial charge in [0.15, 0.2) is 12.4 Å². The molecule has 0 saturated heterocycles. The quantitative estimate of drug-likeness (QED) is 0.594. The summed E-state index contributed by atoms with van der Waals surface area (Å²) in [5.74, 6) is -0.837. The summed E-state index contributed by atoms with van der Waals surface area (Å²) in [4.78, 5) is 27.4. The van der Waals surface area contributed by atoms with Gasteiger partial charge in [-0.25, -0.2) is 4.79 Å². The van der Waals surface area contributed by atoms with Gasteiger partial charge in [0, 0.05) is 16.8 Å². The van der Waals surface area contributed by atoms with Crippen LogP contribution in [-0.4, -0.2) is 28.4 Å². The van der Waals surface area contributed by atoms with Crippen LogP contribution in [0.1, 0.15) is 69.6 Å². The first-order valence-corrected chi connectivity index (χ1v) is 8.51. The molecule has 0 aliphatic heterocycles. The zero-order valence-electron chi connectivity index (χ0n) is 15.2. The molecule has 5 heteroatoms. The van der Waals surface area contributed by atoms with Gasteiger partial charge in [0.05, 0.1) is 6.10 Å². The molecule has 0 radical (unpaired) electrons. The highest BCUT2D eigenvalue weighted by Crippen LogP contribution is 2.24. The smallest absolute Gasteiger partial charge is 0.355 e. The lowest BCUT2D eigenvalue weighted by molar-refractivity contribution is 0.0468. The number of aromatic nitrogens is 1. The van der Waals surface area contributed by atoms with Crippen molar-refractivity contribution < 1.29 is 19.4 Å². The lowest BCUT2D eigenvalue weighted by atomic mass is 10.1. The van der Waals surface area contributed by atoms with Crippen LogP contribution in [0, 0.1) is 13.8 Å². The third-order valence-corrected chi connectivity index (χ3v) is 4.27. The van der Waals surface area contributed by atoms with E-state index in [2.05, 4.69) is 11.9 Å². The second kappa shape index (κ2) is 8.12. The van der Waals surface area contributed by atoms with Gasteiger partial charge in [-0.3, -0.25) is 4.79 Å². The number of carbonyl (C=O) groups excluding carboxylic acids is 2. The Hall–Kier alpha value is -2.40. The maximum absolute atomic E-state index is 12.2. The van der Waals surface area contributed by atoms with E-state index in [0.29, 0.717) is 16.7 Å². The van der Waals surface area contributed by atoms with Crippen LogP contribution < -0.4 is 0 Å². The van der Waals surface area contributed by atoms with Crippen molar-refractivity contribution in [1.29, 1.82) is 0 Å². The predicted octanol–water partition coefficient (Wildman–Crippen LogP) is 3.68. The summed E-state index contributed by atoms with van der Waals surface area (Å²) < 4.78 is 5.15. The summed E-state index contributed by atoms with van der Waals surface area (Å²) in [5.41, 5.74) is 4.03. The molecule has 0 fully saturated rings. The van der Waals surface area contributed by atoms with Crippen LogP contribution in [0.5, 0.6) is 0 Å². The highest BCUT2D eigenvalue weighted by molar-refractivity contribution is 5.99. The number of aryl methyl sites for hydroxylation is 2. The molecule has 0 spiro atoms. The second-order valence-corrected chi connectivity index (χ2v) is 6.29. The molecule has 134 valence electrons. The summed E-state index contributed by atoms with van der Waals surface area (Å²) in [6, 6.07) is 7.37. The molecule has 1 aromatic heterocycles. The Kier molecular flexibility index (Phi) is 6.15. The highest BCUT2D eigenvalue weighted by Gasteiger charge is 2.21. The molecule has 1 atom stereocenters. The number of benzene rings is 1. The van der Waals surface area contributed by atoms with Crippen molar-refractivity contribution in [3.8, 4) is 0 Å². The van der Waals surface area contributed by atoms with Crippen LogP contribution in [0.2, 0.25) is 0 Å². The van der Waals surface area contributed by atoms with Crippen molar-refractivity contribution >= 4 is 11.8 Å². The Morgan fingerprint density at radius 3 is 2.36 bits per heavy atom. The monoisotopic (exact) mass is 343 g/mol. The Balaban J connectivity index is 2.02. The molecule has 0 aliphatic carbocycles. The number of aliphatic hydroxyl groups excluding tert-OH is 1. The predicted molar refractivity (Wildman–Crippen MR) is 96.0 cm³/mol. The Labute approximate surface area is 148 Å². The van der Waals surface area contributed by atoms with Gasteiger partial charge >= 0.3 is 5.97 Å². The number of nitrogens with one attached hydrogen (secondary N) is 1. The summed E-state index contributed by atoms with van der Waals surface area (Å²) in [7, 11) is 0. The fourth-order valence-electron chi connectivity index (χ4n) is 3.03. The van der Waals surface area contributed by atoms with E-state index in [0.717, 1.165) is 18.5 Å². The zero-order chi connectivity index (χ0) is 18.6. The number of H-pyrrole nitrogens is 1. The molecule has 2 aromatic rings. The molecular weight excluding hydrogens is 318 g/mol. The molecule has 1 heterocycles. The van der Waals surface area contributed by atoms with Gasteiger partial charge in [-0.1, -0.05) is 37.6 Å². The first-order chi connectivity index (χ1) is 11.8. The molecule has 2 N–H and O–H groups in total. The van der Waals surface area contributed by atoms with E-state index < -0.39 is 12.1 Å². The van der Waals surface area contributed by atoms with Crippen LogP contribution in [0.4, 0.5) is 0 Å². The standard InChI is InChI=1S/C20H25NO4/c1-5-6-15-7-9-16(10-8-15)17(23)11-25-20(24)19-12(2)18(14(4)22)13(3)21-19/h7-10,14,21-22H,5-6,11H2,1-4H3/t14-/m1/s1. The van der Waals surface area contributed by atoms with E-state index in [9.17, 15) is 14.7 Å². The SMILES string of the molecule is CCCc1ccc(C(=O)COC(=O)c2[nH]c(C)c([C@@H](C)O)c2C)cc1. The largest absolute Gasteiger partial charge is 0.453 e. The highest BCUT2D eigenvalue weighted by atomic mass is 16.5. The van der Waals surface area contributed by atoms with Crippen LogP contribution in [-0.2, 0) is 11.2 Å². The molecular formula is C20H25NO4. The molecule has 0 saturated carbocycles. The molecule has 2 rings (SSSR count). The molecule has 0 aliphatic rings. The number of esters is 1. The van der Waals surface area contributed by atoms with E-state index in [1.54, 1.807) is 32.9 Å². The van der Waals surface area contributed by atoms with Crippen molar-refractivity contribution in [3.05, 3.63) is 57.9 Å². The minimum atomic E-state index is -0.680. The molecule has 0 amide bonds. The first kappa shape index (κ1) is 18.9. The Bertz CT molecular complexity index is 757. The average Bonchev–Trinajstić information content (AvgIpc) is 2.88. The number of rotatable bonds is 7. The van der Waals surface area contributed by atoms with Crippen LogP contribution in [0.15, 0.2) is 24.3 Å². The van der Waals surface area contributed by atoms with Crippen molar-refractivity contribution in [2.45, 2.75) is 46.6 Å². The lowest BCUT2D eigenvalue weighted by Gasteiger charge is -2.06. The minimum Gasteiger partial charge on any atom is -0.453 e. The molecule has 0 bridgehead atoms. The van der Waals surface area contributed by atoms with Gasteiger partial charge in [-0.2, -0.15) is 0 Å². The number of hydrogen-bond acceptors (Lipinski definition) is 4. The van der Waals surface area contributed by atoms with Crippen LogP contribution in [0.25, 0.3) is 0 Å². The Morgan fingerprint density at radius 2 is 1.84 bits per heavy atom. The number of aromatic amines is 1. The van der Waals surface area contributed by atoms with E-state index in [4.69, 9.17) is 4.74 Å². The molecule has 1 aromatic carbocycles. The maximum Gasteiger partial charge on any atom is 0.355 e. The van der Waals surface area contributed by atoms with Crippen molar-refractivity contribution in [3.63, 3.8) is 0 Å². The number of carbonyl (C=O) groups is 2. The summed E-state index contributed by atoms with van der Waals surface area (Å²) in [5, 5.41) is 9.78. The number of Topliss-reactive ketones (excluding diaryl/α,β-unsaturated/α-hetero) is 1. The normalized spacial score (nSPS) is 12.0. The molecule has 25 heavy (non-hydrogen) atoms. The fraction of sp³-hybridized carbons (Fsp3) is 0.400. The summed E-state index contributed by atoms with van der Waals surface area (Å²) in [6.45, 7) is 6.97. The Morgan fingerprint density at radius 1 is 1.20 bits per heavy atom. The number of ether oxygens (including phenoxy) is 1. The van der Waals surface area contributed by atoms with Gasteiger partial charge in [-0.05, 0) is 38.3 Å². The van der Waals surface area contributed by atoms with Crippen molar-refractivity contribution in [2.75, 3.05) is 6.61 Å². The second-order valence-electron chi connectivity index (χ2n) is 6.29. The van der Waals surface area contributed by atoms with Gasteiger partial charge in [0.25, 0.3) is 0 Å². The fourth-order valence-corrected chi connectivity index (χ4v) is 3.03. The van der Waals surface area contributed by atoms with E-state index in [-0.39, 0.29) is 18.1 Å². The molecule has 5 nitrogen and oxygen atoms in total. The summed E-state index contributed by atoms with van der Waals surface area (Å²) >= 11 is 0. The number of hydrogen-bond donors (Lipinski definition) is 2. The average molecular weight is 343 g/mol. The number of ketones is 1. The van der Waals surface area contributed by atoms with Crippen molar-refractivity contribution in [1.82, 2.24) is 4.98 Å². The van der Waals surface area contributed by atoms with E-state index in [1.165, 1.54) is 5.56 Å². The van der Waals surface area contributed by atoms with Gasteiger partial charge in [0.2, 0.25) is 0 Å². The number of aliphatic hydroxyl groups is 1. The molecule has 0 unspecified atom stereocenters. The van der Waals surface area contributed by atoms with Gasteiger partial charge in [0.1, 0.15) is 5.69 Å².